The van der Waals surface area contributed by atoms with Crippen molar-refractivity contribution in [2.45, 2.75) is 42.1 Å². The third kappa shape index (κ3) is 2.49. The van der Waals surface area contributed by atoms with Crippen LogP contribution in [-0.2, 0) is 14.4 Å². The van der Waals surface area contributed by atoms with Crippen LogP contribution in [0.4, 0.5) is 0 Å². The van der Waals surface area contributed by atoms with E-state index in [-0.39, 0.29) is 0 Å². The predicted octanol–water partition coefficient (Wildman–Crippen LogP) is 1.19. The summed E-state index contributed by atoms with van der Waals surface area (Å²) in [6, 6.07) is 0.343. The molecule has 2 N–H and O–H groups in total. The quantitative estimate of drug-likeness (QED) is 0.595. The highest BCUT2D eigenvalue weighted by atomic mass is 32.2. The Hall–Kier alpha value is -1.94. The van der Waals surface area contributed by atoms with E-state index >= 15 is 0 Å². The van der Waals surface area contributed by atoms with Gasteiger partial charge < -0.3 is 15.3 Å². The maximum Gasteiger partial charge on any atom is 0.327 e. The van der Waals surface area contributed by atoms with Gasteiger partial charge in [0.05, 0.1) is 0 Å². The van der Waals surface area contributed by atoms with Crippen LogP contribution >= 0.6 is 23.1 Å². The first-order chi connectivity index (χ1) is 11.3. The standard InChI is InChI=1S/C14H15N3O5S2/c1-14(2)9(13(20)21)17-11(19)8(12(17)24-14)15-10(18)7(16-22)6-4-3-5-23-6/h3-5,7-9,12H,1-2H3,(H,15,18)(H,20,21). The van der Waals surface area contributed by atoms with E-state index in [1.165, 1.54) is 28.0 Å². The predicted molar refractivity (Wildman–Crippen MR) is 88.5 cm³/mol. The van der Waals surface area contributed by atoms with Crippen molar-refractivity contribution in [1.29, 1.82) is 0 Å². The molecule has 3 heterocycles. The van der Waals surface area contributed by atoms with Gasteiger partial charge >= 0.3 is 5.97 Å². The number of carboxylic acid groups (broad SMARTS) is 1. The van der Waals surface area contributed by atoms with Crippen molar-refractivity contribution in [2.24, 2.45) is 5.18 Å². The summed E-state index contributed by atoms with van der Waals surface area (Å²) in [6.45, 7) is 3.50. The number of hydrogen-bond acceptors (Lipinski definition) is 7. The van der Waals surface area contributed by atoms with Crippen LogP contribution in [0.3, 0.4) is 0 Å². The second-order valence-electron chi connectivity index (χ2n) is 6.11. The number of hydrogen-bond donors (Lipinski definition) is 2. The zero-order valence-corrected chi connectivity index (χ0v) is 14.5. The molecular formula is C14H15N3O5S2. The van der Waals surface area contributed by atoms with Gasteiger partial charge in [0.2, 0.25) is 11.9 Å². The lowest BCUT2D eigenvalue weighted by Gasteiger charge is -2.43. The van der Waals surface area contributed by atoms with Crippen LogP contribution in [0.25, 0.3) is 0 Å². The number of rotatable bonds is 5. The van der Waals surface area contributed by atoms with Crippen molar-refractivity contribution >= 4 is 40.9 Å². The number of nitrogens with zero attached hydrogens (tertiary/aromatic N) is 2. The number of carboxylic acids is 1. The van der Waals surface area contributed by atoms with Gasteiger partial charge in [-0.25, -0.2) is 4.79 Å². The Morgan fingerprint density at radius 2 is 2.17 bits per heavy atom. The lowest BCUT2D eigenvalue weighted by molar-refractivity contribution is -0.161. The fraction of sp³-hybridized carbons (Fsp3) is 0.500. The number of carbonyl (C=O) groups is 3. The van der Waals surface area contributed by atoms with Gasteiger partial charge in [0.15, 0.2) is 0 Å². The van der Waals surface area contributed by atoms with E-state index in [0.717, 1.165) is 0 Å². The molecule has 3 rings (SSSR count). The van der Waals surface area contributed by atoms with Gasteiger partial charge in [0, 0.05) is 9.62 Å². The van der Waals surface area contributed by atoms with E-state index < -0.39 is 46.0 Å². The number of β-lactam (4-membered cyclic amide) rings is 1. The Bertz CT molecular complexity index is 705. The van der Waals surface area contributed by atoms with E-state index in [9.17, 15) is 24.4 Å². The first kappa shape index (κ1) is 16.9. The highest BCUT2D eigenvalue weighted by molar-refractivity contribution is 8.01. The number of carbonyl (C=O) groups excluding carboxylic acids is 2. The summed E-state index contributed by atoms with van der Waals surface area (Å²) in [4.78, 5) is 48.8. The van der Waals surface area contributed by atoms with Crippen molar-refractivity contribution in [2.75, 3.05) is 0 Å². The summed E-state index contributed by atoms with van der Waals surface area (Å²) in [7, 11) is 0. The molecule has 0 spiro atoms. The molecule has 2 amide bonds. The molecule has 4 unspecified atom stereocenters. The maximum atomic E-state index is 12.3. The molecule has 2 aliphatic heterocycles. The highest BCUT2D eigenvalue weighted by Gasteiger charge is 2.64. The van der Waals surface area contributed by atoms with Crippen LogP contribution in [0.1, 0.15) is 24.8 Å². The average molecular weight is 369 g/mol. The zero-order valence-electron chi connectivity index (χ0n) is 12.8. The van der Waals surface area contributed by atoms with Crippen LogP contribution in [0.2, 0.25) is 0 Å². The van der Waals surface area contributed by atoms with Crippen LogP contribution < -0.4 is 5.32 Å². The van der Waals surface area contributed by atoms with Crippen LogP contribution in [-0.4, -0.2) is 50.0 Å². The van der Waals surface area contributed by atoms with Gasteiger partial charge in [-0.3, -0.25) is 9.59 Å². The molecule has 24 heavy (non-hydrogen) atoms. The molecule has 0 saturated carbocycles. The normalized spacial score (nSPS) is 28.7. The number of fused-ring (bicyclic) bond motifs is 1. The summed E-state index contributed by atoms with van der Waals surface area (Å²) >= 11 is 2.56. The molecule has 0 aromatic carbocycles. The molecule has 0 bridgehead atoms. The van der Waals surface area contributed by atoms with Gasteiger partial charge in [-0.05, 0) is 25.3 Å². The molecule has 8 nitrogen and oxygen atoms in total. The lowest BCUT2D eigenvalue weighted by Crippen LogP contribution is -2.70. The SMILES string of the molecule is CC1(C)SC2C(NC(=O)C(N=O)c3cccs3)C(=O)N2C1C(=O)O. The zero-order chi connectivity index (χ0) is 17.6. The number of amides is 2. The van der Waals surface area contributed by atoms with E-state index in [2.05, 4.69) is 10.5 Å². The molecular weight excluding hydrogens is 354 g/mol. The molecule has 2 fully saturated rings. The van der Waals surface area contributed by atoms with Crippen molar-refractivity contribution in [3.63, 3.8) is 0 Å². The number of thioether (sulfide) groups is 1. The largest absolute Gasteiger partial charge is 0.480 e. The molecule has 1 aromatic rings. The van der Waals surface area contributed by atoms with Crippen LogP contribution in [0.5, 0.6) is 0 Å². The second-order valence-corrected chi connectivity index (χ2v) is 8.86. The summed E-state index contributed by atoms with van der Waals surface area (Å²) in [5, 5.41) is 16.0. The molecule has 4 atom stereocenters. The summed E-state index contributed by atoms with van der Waals surface area (Å²) in [6.07, 6.45) is 0. The average Bonchev–Trinajstić information content (AvgIpc) is 3.10. The van der Waals surface area contributed by atoms with Gasteiger partial charge in [-0.1, -0.05) is 11.2 Å². The van der Waals surface area contributed by atoms with Gasteiger partial charge in [0.1, 0.15) is 17.5 Å². The van der Waals surface area contributed by atoms with Crippen LogP contribution in [0.15, 0.2) is 22.7 Å². The molecule has 2 aliphatic rings. The van der Waals surface area contributed by atoms with Gasteiger partial charge in [0.25, 0.3) is 5.91 Å². The van der Waals surface area contributed by atoms with Crippen molar-refractivity contribution in [1.82, 2.24) is 10.2 Å². The number of nitrogens with one attached hydrogen (secondary N) is 1. The highest BCUT2D eigenvalue weighted by Crippen LogP contribution is 2.50. The minimum Gasteiger partial charge on any atom is -0.480 e. The van der Waals surface area contributed by atoms with Crippen molar-refractivity contribution in [3.8, 4) is 0 Å². The van der Waals surface area contributed by atoms with Gasteiger partial charge in [-0.15, -0.1) is 28.0 Å². The molecule has 10 heteroatoms. The molecule has 0 aliphatic carbocycles. The Morgan fingerprint density at radius 3 is 2.71 bits per heavy atom. The van der Waals surface area contributed by atoms with E-state index in [1.54, 1.807) is 31.4 Å². The topological polar surface area (TPSA) is 116 Å². The third-order valence-electron chi connectivity index (χ3n) is 4.14. The minimum absolute atomic E-state index is 0.449. The fourth-order valence-corrected chi connectivity index (χ4v) is 5.43. The Labute approximate surface area is 145 Å². The number of aliphatic carboxylic acids is 1. The molecule has 128 valence electrons. The van der Waals surface area contributed by atoms with E-state index in [0.29, 0.717) is 4.88 Å². The smallest absolute Gasteiger partial charge is 0.327 e. The Morgan fingerprint density at radius 1 is 1.46 bits per heavy atom. The first-order valence-corrected chi connectivity index (χ1v) is 8.93. The summed E-state index contributed by atoms with van der Waals surface area (Å²) in [5.74, 6) is -2.17. The van der Waals surface area contributed by atoms with Gasteiger partial charge in [-0.2, -0.15) is 0 Å². The third-order valence-corrected chi connectivity index (χ3v) is 6.64. The van der Waals surface area contributed by atoms with Crippen molar-refractivity contribution < 1.29 is 19.5 Å². The lowest BCUT2D eigenvalue weighted by atomic mass is 9.96. The molecule has 0 radical (unpaired) electrons. The van der Waals surface area contributed by atoms with Crippen LogP contribution in [0, 0.1) is 4.91 Å². The molecule has 1 aromatic heterocycles. The first-order valence-electron chi connectivity index (χ1n) is 7.17. The molecule has 2 saturated heterocycles. The summed E-state index contributed by atoms with van der Waals surface area (Å²) < 4.78 is -0.665. The summed E-state index contributed by atoms with van der Waals surface area (Å²) in [5.41, 5.74) is 0. The second kappa shape index (κ2) is 5.85. The fourth-order valence-electron chi connectivity index (χ4n) is 3.05. The number of nitroso groups, excluding NO2 is 1. The van der Waals surface area contributed by atoms with E-state index in [4.69, 9.17) is 0 Å². The van der Waals surface area contributed by atoms with Crippen molar-refractivity contribution in [3.05, 3.63) is 27.3 Å². The Kier molecular flexibility index (Phi) is 4.12. The Balaban J connectivity index is 1.74. The number of thiophene rings is 1. The monoisotopic (exact) mass is 369 g/mol. The minimum atomic E-state index is -1.21. The van der Waals surface area contributed by atoms with E-state index in [1.807, 2.05) is 0 Å². The maximum absolute atomic E-state index is 12.3.